The molecule has 2 aliphatic heterocycles. The number of carbonyl (C=O) groups excluding carboxylic acids is 1. The van der Waals surface area contributed by atoms with E-state index in [-0.39, 0.29) is 11.4 Å². The lowest BCUT2D eigenvalue weighted by Crippen LogP contribution is -2.41. The van der Waals surface area contributed by atoms with E-state index >= 15 is 0 Å². The number of aromatic nitrogens is 2. The quantitative estimate of drug-likeness (QED) is 0.704. The van der Waals surface area contributed by atoms with Gasteiger partial charge in [0, 0.05) is 68.6 Å². The highest BCUT2D eigenvalue weighted by Crippen LogP contribution is 2.35. The molecule has 0 saturated carbocycles. The van der Waals surface area contributed by atoms with Crippen molar-refractivity contribution in [2.45, 2.75) is 52.0 Å². The zero-order chi connectivity index (χ0) is 23.6. The normalized spacial score (nSPS) is 18.5. The van der Waals surface area contributed by atoms with Crippen LogP contribution in [0.2, 0.25) is 0 Å². The number of piperidine rings is 2. The largest absolute Gasteiger partial charge is 0.372 e. The van der Waals surface area contributed by atoms with E-state index in [0.29, 0.717) is 0 Å². The molecule has 1 amide bonds. The Balaban J connectivity index is 1.25. The molecule has 4 rings (SSSR count). The fourth-order valence-corrected chi connectivity index (χ4v) is 5.73. The van der Waals surface area contributed by atoms with Crippen molar-refractivity contribution in [1.82, 2.24) is 14.7 Å². The molecule has 33 heavy (non-hydrogen) atoms. The third kappa shape index (κ3) is 5.96. The van der Waals surface area contributed by atoms with Crippen LogP contribution in [0.5, 0.6) is 0 Å². The lowest BCUT2D eigenvalue weighted by Gasteiger charge is -2.40. The number of rotatable bonds is 5. The number of nitrogens with zero attached hydrogens (tertiary/aromatic N) is 5. The molecule has 1 aromatic carbocycles. The van der Waals surface area contributed by atoms with E-state index < -0.39 is 0 Å². The second-order valence-corrected chi connectivity index (χ2v) is 11.4. The molecular weight excluding hydrogens is 432 g/mol. The first-order chi connectivity index (χ1) is 15.7. The highest BCUT2D eigenvalue weighted by atomic mass is 32.1. The second-order valence-electron chi connectivity index (χ2n) is 10.7. The first-order valence-electron chi connectivity index (χ1n) is 12.1. The van der Waals surface area contributed by atoms with Crippen molar-refractivity contribution >= 4 is 34.2 Å². The molecule has 2 fully saturated rings. The minimum absolute atomic E-state index is 0.00873. The summed E-state index contributed by atoms with van der Waals surface area (Å²) in [6, 6.07) is 8.10. The lowest BCUT2D eigenvalue weighted by atomic mass is 9.79. The minimum Gasteiger partial charge on any atom is -0.372 e. The van der Waals surface area contributed by atoms with Crippen LogP contribution < -0.4 is 20.0 Å². The molecule has 1 N–H and O–H groups in total. The monoisotopic (exact) mass is 470 g/mol. The smallest absolute Gasteiger partial charge is 0.251 e. The molecule has 0 spiro atoms. The number of benzene rings is 1. The van der Waals surface area contributed by atoms with Crippen LogP contribution in [0.15, 0.2) is 24.3 Å². The van der Waals surface area contributed by atoms with E-state index in [9.17, 15) is 4.79 Å². The van der Waals surface area contributed by atoms with Gasteiger partial charge in [-0.3, -0.25) is 4.79 Å². The van der Waals surface area contributed by atoms with Gasteiger partial charge in [0.1, 0.15) is 0 Å². The molecule has 8 heteroatoms. The molecule has 7 nitrogen and oxygen atoms in total. The summed E-state index contributed by atoms with van der Waals surface area (Å²) in [6.07, 6.45) is 5.00. The number of carbonyl (C=O) groups is 1. The van der Waals surface area contributed by atoms with Gasteiger partial charge in [-0.05, 0) is 82.6 Å². The first kappa shape index (κ1) is 23.8. The van der Waals surface area contributed by atoms with Crippen LogP contribution in [0.4, 0.5) is 16.8 Å². The van der Waals surface area contributed by atoms with Crippen LogP contribution in [0.1, 0.15) is 56.8 Å². The van der Waals surface area contributed by atoms with Crippen LogP contribution in [0.3, 0.4) is 0 Å². The number of anilines is 3. The molecule has 180 valence electrons. The van der Waals surface area contributed by atoms with Crippen LogP contribution in [-0.2, 0) is 0 Å². The molecule has 0 radical (unpaired) electrons. The van der Waals surface area contributed by atoms with Gasteiger partial charge < -0.3 is 20.0 Å². The molecule has 0 unspecified atom stereocenters. The summed E-state index contributed by atoms with van der Waals surface area (Å²) < 4.78 is 4.45. The van der Waals surface area contributed by atoms with Crippen molar-refractivity contribution in [3.8, 4) is 0 Å². The van der Waals surface area contributed by atoms with Gasteiger partial charge in [0.2, 0.25) is 11.1 Å². The lowest BCUT2D eigenvalue weighted by molar-refractivity contribution is 0.0919. The zero-order valence-electron chi connectivity index (χ0n) is 20.7. The Bertz CT molecular complexity index is 919. The van der Waals surface area contributed by atoms with Crippen molar-refractivity contribution in [2.75, 3.05) is 55.0 Å². The maximum absolute atomic E-state index is 12.4. The van der Waals surface area contributed by atoms with E-state index in [4.69, 9.17) is 0 Å². The third-order valence-corrected chi connectivity index (χ3v) is 7.57. The molecule has 3 heterocycles. The Kier molecular flexibility index (Phi) is 7.12. The Morgan fingerprint density at radius 3 is 2.00 bits per heavy atom. The molecule has 2 aliphatic rings. The Morgan fingerprint density at radius 2 is 1.52 bits per heavy atom. The number of hydrogen-bond acceptors (Lipinski definition) is 7. The fourth-order valence-electron chi connectivity index (χ4n) is 4.95. The van der Waals surface area contributed by atoms with Crippen LogP contribution >= 0.6 is 11.5 Å². The summed E-state index contributed by atoms with van der Waals surface area (Å²) in [5.74, 6) is 2.43. The molecule has 1 aromatic heterocycles. The third-order valence-electron chi connectivity index (χ3n) is 6.80. The SMILES string of the molecule is CN(C)c1nsc(N2CCC(C3CCN(c4ccc(C(=O)NC(C)(C)C)cc4)CC3)CC2)n1. The molecule has 2 aromatic rings. The van der Waals surface area contributed by atoms with Crippen molar-refractivity contribution in [3.05, 3.63) is 29.8 Å². The summed E-state index contributed by atoms with van der Waals surface area (Å²) in [5, 5.41) is 4.09. The van der Waals surface area contributed by atoms with Crippen molar-refractivity contribution in [2.24, 2.45) is 11.8 Å². The average Bonchev–Trinajstić information content (AvgIpc) is 3.29. The van der Waals surface area contributed by atoms with E-state index in [1.54, 1.807) is 0 Å². The van der Waals surface area contributed by atoms with Gasteiger partial charge in [-0.1, -0.05) is 0 Å². The molecule has 0 atom stereocenters. The molecular formula is C25H38N6OS. The van der Waals surface area contributed by atoms with E-state index in [2.05, 4.69) is 36.6 Å². The molecule has 0 bridgehead atoms. The Hall–Kier alpha value is -2.35. The van der Waals surface area contributed by atoms with E-state index in [1.807, 2.05) is 51.9 Å². The predicted octanol–water partition coefficient (Wildman–Crippen LogP) is 4.27. The Labute approximate surface area is 202 Å². The maximum atomic E-state index is 12.4. The number of amides is 1. The standard InChI is InChI=1S/C25H38N6OS/c1-25(2,3)27-22(32)20-6-8-21(9-7-20)30-14-10-18(11-15-30)19-12-16-31(17-13-19)24-26-23(28-33-24)29(4)5/h6-9,18-19H,10-17H2,1-5H3,(H,27,32). The van der Waals surface area contributed by atoms with Gasteiger partial charge in [-0.2, -0.15) is 9.36 Å². The highest BCUT2D eigenvalue weighted by Gasteiger charge is 2.30. The molecule has 2 saturated heterocycles. The summed E-state index contributed by atoms with van der Waals surface area (Å²) >= 11 is 1.52. The van der Waals surface area contributed by atoms with Gasteiger partial charge >= 0.3 is 0 Å². The summed E-state index contributed by atoms with van der Waals surface area (Å²) in [6.45, 7) is 10.4. The van der Waals surface area contributed by atoms with E-state index in [1.165, 1.54) is 42.9 Å². The van der Waals surface area contributed by atoms with Crippen molar-refractivity contribution in [3.63, 3.8) is 0 Å². The topological polar surface area (TPSA) is 64.6 Å². The number of hydrogen-bond donors (Lipinski definition) is 1. The minimum atomic E-state index is -0.222. The van der Waals surface area contributed by atoms with E-state index in [0.717, 1.165) is 54.7 Å². The van der Waals surface area contributed by atoms with Crippen LogP contribution in [0.25, 0.3) is 0 Å². The summed E-state index contributed by atoms with van der Waals surface area (Å²) in [7, 11) is 3.98. The van der Waals surface area contributed by atoms with Gasteiger partial charge in [-0.25, -0.2) is 0 Å². The summed E-state index contributed by atoms with van der Waals surface area (Å²) in [5.41, 5.74) is 1.73. The first-order valence-corrected chi connectivity index (χ1v) is 12.9. The van der Waals surface area contributed by atoms with Gasteiger partial charge in [0.15, 0.2) is 0 Å². The van der Waals surface area contributed by atoms with Gasteiger partial charge in [0.05, 0.1) is 0 Å². The second kappa shape index (κ2) is 9.87. The number of nitrogens with one attached hydrogen (secondary N) is 1. The van der Waals surface area contributed by atoms with Crippen LogP contribution in [-0.4, -0.2) is 61.1 Å². The fraction of sp³-hybridized carbons (Fsp3) is 0.640. The van der Waals surface area contributed by atoms with Crippen molar-refractivity contribution in [1.29, 1.82) is 0 Å². The van der Waals surface area contributed by atoms with Gasteiger partial charge in [-0.15, -0.1) is 0 Å². The zero-order valence-corrected chi connectivity index (χ0v) is 21.5. The van der Waals surface area contributed by atoms with Crippen molar-refractivity contribution < 1.29 is 4.79 Å². The highest BCUT2D eigenvalue weighted by molar-refractivity contribution is 7.09. The average molecular weight is 471 g/mol. The van der Waals surface area contributed by atoms with Gasteiger partial charge in [0.25, 0.3) is 5.91 Å². The maximum Gasteiger partial charge on any atom is 0.251 e. The van der Waals surface area contributed by atoms with Crippen LogP contribution in [0, 0.1) is 11.8 Å². The molecule has 0 aliphatic carbocycles. The predicted molar refractivity (Wildman–Crippen MR) is 138 cm³/mol. The Morgan fingerprint density at radius 1 is 0.970 bits per heavy atom. The summed E-state index contributed by atoms with van der Waals surface area (Å²) in [4.78, 5) is 23.9.